The Hall–Kier alpha value is -1.55. The number of sulfonamides is 1. The summed E-state index contributed by atoms with van der Waals surface area (Å²) in [4.78, 5) is 0. The second-order valence-electron chi connectivity index (χ2n) is 4.42. The minimum absolute atomic E-state index is 0.00972. The van der Waals surface area contributed by atoms with Crippen LogP contribution >= 0.6 is 0 Å². The summed E-state index contributed by atoms with van der Waals surface area (Å²) < 4.78 is 31.3. The molecule has 6 heteroatoms. The molecule has 5 nitrogen and oxygen atoms in total. The molecule has 0 aromatic heterocycles. The predicted molar refractivity (Wildman–Crippen MR) is 83.7 cm³/mol. The summed E-state index contributed by atoms with van der Waals surface area (Å²) in [6, 6.07) is 5.20. The molecule has 0 aliphatic heterocycles. The first-order chi connectivity index (χ1) is 9.98. The van der Waals surface area contributed by atoms with Crippen LogP contribution < -0.4 is 4.72 Å². The van der Waals surface area contributed by atoms with Crippen LogP contribution in [0.2, 0.25) is 0 Å². The van der Waals surface area contributed by atoms with E-state index in [2.05, 4.69) is 16.6 Å². The second kappa shape index (κ2) is 8.67. The fourth-order valence-corrected chi connectivity index (χ4v) is 2.50. The van der Waals surface area contributed by atoms with Crippen molar-refractivity contribution in [3.05, 3.63) is 29.3 Å². The van der Waals surface area contributed by atoms with Gasteiger partial charge in [0, 0.05) is 24.3 Å². The van der Waals surface area contributed by atoms with E-state index in [4.69, 9.17) is 9.84 Å². The van der Waals surface area contributed by atoms with Crippen LogP contribution in [0.25, 0.3) is 0 Å². The molecule has 0 atom stereocenters. The fourth-order valence-electron chi connectivity index (χ4n) is 1.58. The van der Waals surface area contributed by atoms with Crippen molar-refractivity contribution in [1.82, 2.24) is 0 Å². The first-order valence-electron chi connectivity index (χ1n) is 6.77. The van der Waals surface area contributed by atoms with E-state index < -0.39 is 10.0 Å². The first-order valence-corrected chi connectivity index (χ1v) is 8.42. The first kappa shape index (κ1) is 17.5. The maximum absolute atomic E-state index is 11.9. The SMILES string of the molecule is CCOCCS(=O)(=O)Nc1ccc(C)c(C#CCCO)c1. The van der Waals surface area contributed by atoms with Crippen molar-refractivity contribution in [2.75, 3.05) is 30.3 Å². The monoisotopic (exact) mass is 311 g/mol. The van der Waals surface area contributed by atoms with Gasteiger partial charge in [0.25, 0.3) is 0 Å². The van der Waals surface area contributed by atoms with Crippen LogP contribution in [0.4, 0.5) is 5.69 Å². The molecule has 0 heterocycles. The zero-order valence-electron chi connectivity index (χ0n) is 12.3. The third-order valence-electron chi connectivity index (χ3n) is 2.67. The molecule has 0 radical (unpaired) electrons. The lowest BCUT2D eigenvalue weighted by Gasteiger charge is -2.09. The molecule has 0 fully saturated rings. The molecule has 21 heavy (non-hydrogen) atoms. The number of rotatable bonds is 7. The molecule has 2 N–H and O–H groups in total. The standard InChI is InChI=1S/C15H21NO4S/c1-3-20-10-11-21(18,19)16-15-8-7-13(2)14(12-15)6-4-5-9-17/h7-8,12,16-17H,3,5,9-11H2,1-2H3. The fraction of sp³-hybridized carbons (Fsp3) is 0.467. The molecule has 0 aliphatic carbocycles. The van der Waals surface area contributed by atoms with Crippen molar-refractivity contribution >= 4 is 15.7 Å². The molecule has 0 saturated carbocycles. The van der Waals surface area contributed by atoms with Crippen molar-refractivity contribution < 1.29 is 18.3 Å². The molecule has 0 amide bonds. The Morgan fingerprint density at radius 3 is 2.81 bits per heavy atom. The van der Waals surface area contributed by atoms with E-state index in [-0.39, 0.29) is 19.0 Å². The summed E-state index contributed by atoms with van der Waals surface area (Å²) in [6.07, 6.45) is 0.393. The van der Waals surface area contributed by atoms with Crippen molar-refractivity contribution in [3.63, 3.8) is 0 Å². The van der Waals surface area contributed by atoms with E-state index in [9.17, 15) is 8.42 Å². The molecular formula is C15H21NO4S. The maximum Gasteiger partial charge on any atom is 0.235 e. The Bertz CT molecular complexity index is 614. The summed E-state index contributed by atoms with van der Waals surface area (Å²) in [5.74, 6) is 5.67. The summed E-state index contributed by atoms with van der Waals surface area (Å²) in [5.41, 5.74) is 2.18. The van der Waals surface area contributed by atoms with Crippen molar-refractivity contribution in [2.24, 2.45) is 0 Å². The lowest BCUT2D eigenvalue weighted by atomic mass is 10.1. The van der Waals surface area contributed by atoms with Crippen LogP contribution in [0.1, 0.15) is 24.5 Å². The highest BCUT2D eigenvalue weighted by atomic mass is 32.2. The Balaban J connectivity index is 2.81. The van der Waals surface area contributed by atoms with Gasteiger partial charge in [-0.05, 0) is 31.5 Å². The molecule has 0 unspecified atom stereocenters. The minimum atomic E-state index is -3.42. The van der Waals surface area contributed by atoms with E-state index in [0.29, 0.717) is 18.7 Å². The number of hydrogen-bond donors (Lipinski definition) is 2. The number of nitrogens with one attached hydrogen (secondary N) is 1. The molecule has 1 aromatic rings. The van der Waals surface area contributed by atoms with Crippen LogP contribution in [-0.4, -0.2) is 39.1 Å². The average molecular weight is 311 g/mol. The third kappa shape index (κ3) is 6.63. The zero-order chi connectivity index (χ0) is 15.7. The highest BCUT2D eigenvalue weighted by Gasteiger charge is 2.10. The van der Waals surface area contributed by atoms with Gasteiger partial charge in [-0.25, -0.2) is 8.42 Å². The minimum Gasteiger partial charge on any atom is -0.395 e. The predicted octanol–water partition coefficient (Wildman–Crippen LogP) is 1.51. The van der Waals surface area contributed by atoms with Gasteiger partial charge < -0.3 is 9.84 Å². The zero-order valence-corrected chi connectivity index (χ0v) is 13.2. The smallest absolute Gasteiger partial charge is 0.235 e. The molecule has 0 spiro atoms. The second-order valence-corrected chi connectivity index (χ2v) is 6.26. The molecule has 0 aliphatic rings. The van der Waals surface area contributed by atoms with Crippen molar-refractivity contribution in [3.8, 4) is 11.8 Å². The topological polar surface area (TPSA) is 75.6 Å². The van der Waals surface area contributed by atoms with Gasteiger partial charge in [-0.2, -0.15) is 0 Å². The van der Waals surface area contributed by atoms with Crippen LogP contribution in [0.15, 0.2) is 18.2 Å². The highest BCUT2D eigenvalue weighted by molar-refractivity contribution is 7.92. The maximum atomic E-state index is 11.9. The van der Waals surface area contributed by atoms with Gasteiger partial charge in [0.15, 0.2) is 0 Å². The van der Waals surface area contributed by atoms with Gasteiger partial charge in [-0.1, -0.05) is 17.9 Å². The summed E-state index contributed by atoms with van der Waals surface area (Å²) >= 11 is 0. The van der Waals surface area contributed by atoms with Gasteiger partial charge in [0.1, 0.15) is 0 Å². The summed E-state index contributed by atoms with van der Waals surface area (Å²) in [6.45, 7) is 4.38. The van der Waals surface area contributed by atoms with Crippen molar-refractivity contribution in [2.45, 2.75) is 20.3 Å². The van der Waals surface area contributed by atoms with Gasteiger partial charge in [0.2, 0.25) is 10.0 Å². The van der Waals surface area contributed by atoms with Gasteiger partial charge >= 0.3 is 0 Å². The number of aryl methyl sites for hydroxylation is 1. The number of ether oxygens (including phenoxy) is 1. The molecule has 1 aromatic carbocycles. The van der Waals surface area contributed by atoms with Crippen LogP contribution in [0, 0.1) is 18.8 Å². The quantitative estimate of drug-likeness (QED) is 0.591. The molecule has 0 bridgehead atoms. The highest BCUT2D eigenvalue weighted by Crippen LogP contribution is 2.16. The lowest BCUT2D eigenvalue weighted by Crippen LogP contribution is -2.20. The normalized spacial score (nSPS) is 10.8. The number of benzene rings is 1. The molecule has 116 valence electrons. The van der Waals surface area contributed by atoms with Crippen LogP contribution in [0.3, 0.4) is 0 Å². The average Bonchev–Trinajstić information content (AvgIpc) is 2.42. The van der Waals surface area contributed by atoms with Crippen molar-refractivity contribution in [1.29, 1.82) is 0 Å². The molecule has 1 rings (SSSR count). The van der Waals surface area contributed by atoms with E-state index in [1.165, 1.54) is 0 Å². The summed E-state index contributed by atoms with van der Waals surface area (Å²) in [7, 11) is -3.42. The lowest BCUT2D eigenvalue weighted by molar-refractivity contribution is 0.163. The Morgan fingerprint density at radius 1 is 1.38 bits per heavy atom. The Labute approximate surface area is 126 Å². The Kier molecular flexibility index (Phi) is 7.23. The Morgan fingerprint density at radius 2 is 2.14 bits per heavy atom. The molecule has 0 saturated heterocycles. The van der Waals surface area contributed by atoms with E-state index in [0.717, 1.165) is 11.1 Å². The number of aliphatic hydroxyl groups is 1. The number of anilines is 1. The van der Waals surface area contributed by atoms with Crippen LogP contribution in [0.5, 0.6) is 0 Å². The molecular weight excluding hydrogens is 290 g/mol. The van der Waals surface area contributed by atoms with E-state index in [1.54, 1.807) is 12.1 Å². The van der Waals surface area contributed by atoms with Gasteiger partial charge in [-0.15, -0.1) is 0 Å². The van der Waals surface area contributed by atoms with E-state index in [1.807, 2.05) is 19.9 Å². The van der Waals surface area contributed by atoms with E-state index >= 15 is 0 Å². The van der Waals surface area contributed by atoms with Crippen LogP contribution in [-0.2, 0) is 14.8 Å². The van der Waals surface area contributed by atoms with Gasteiger partial charge in [0.05, 0.1) is 19.0 Å². The third-order valence-corrected chi connectivity index (χ3v) is 3.92. The number of hydrogen-bond acceptors (Lipinski definition) is 4. The number of aliphatic hydroxyl groups excluding tert-OH is 1. The van der Waals surface area contributed by atoms with Gasteiger partial charge in [-0.3, -0.25) is 4.72 Å². The largest absolute Gasteiger partial charge is 0.395 e. The summed E-state index contributed by atoms with van der Waals surface area (Å²) in [5, 5.41) is 8.72.